The van der Waals surface area contributed by atoms with Crippen molar-refractivity contribution in [2.75, 3.05) is 6.54 Å². The van der Waals surface area contributed by atoms with Crippen molar-refractivity contribution < 1.29 is 5.11 Å². The van der Waals surface area contributed by atoms with E-state index in [0.717, 1.165) is 24.9 Å². The summed E-state index contributed by atoms with van der Waals surface area (Å²) in [7, 11) is 0. The summed E-state index contributed by atoms with van der Waals surface area (Å²) in [6.45, 7) is 0.968. The highest BCUT2D eigenvalue weighted by molar-refractivity contribution is 6.34. The maximum absolute atomic E-state index is 10.1. The summed E-state index contributed by atoms with van der Waals surface area (Å²) in [5.74, 6) is 0. The largest absolute Gasteiger partial charge is 0.387 e. The van der Waals surface area contributed by atoms with Crippen LogP contribution in [0.25, 0.3) is 0 Å². The van der Waals surface area contributed by atoms with Gasteiger partial charge in [-0.1, -0.05) is 23.2 Å². The second kappa shape index (κ2) is 4.71. The van der Waals surface area contributed by atoms with Gasteiger partial charge in [0.25, 0.3) is 0 Å². The van der Waals surface area contributed by atoms with Crippen LogP contribution in [-0.4, -0.2) is 17.7 Å². The summed E-state index contributed by atoms with van der Waals surface area (Å²) >= 11 is 11.8. The van der Waals surface area contributed by atoms with Crippen LogP contribution in [0.15, 0.2) is 18.2 Å². The van der Waals surface area contributed by atoms with Gasteiger partial charge in [-0.15, -0.1) is 0 Å². The molecule has 1 aromatic rings. The standard InChI is InChI=1S/C11H13Cl2NO/c12-8-4-7(5-9(13)6-8)11(15)10-2-1-3-14-10/h4-6,10-11,14-15H,1-3H2. The summed E-state index contributed by atoms with van der Waals surface area (Å²) in [6, 6.07) is 5.32. The Morgan fingerprint density at radius 1 is 1.27 bits per heavy atom. The van der Waals surface area contributed by atoms with E-state index in [9.17, 15) is 5.11 Å². The van der Waals surface area contributed by atoms with Gasteiger partial charge < -0.3 is 10.4 Å². The lowest BCUT2D eigenvalue weighted by molar-refractivity contribution is 0.137. The lowest BCUT2D eigenvalue weighted by Crippen LogP contribution is -2.28. The van der Waals surface area contributed by atoms with Gasteiger partial charge in [-0.05, 0) is 43.1 Å². The highest BCUT2D eigenvalue weighted by atomic mass is 35.5. The Bertz CT molecular complexity index is 330. The van der Waals surface area contributed by atoms with Gasteiger partial charge >= 0.3 is 0 Å². The topological polar surface area (TPSA) is 32.3 Å². The Morgan fingerprint density at radius 3 is 2.47 bits per heavy atom. The fraction of sp³-hybridized carbons (Fsp3) is 0.455. The van der Waals surface area contributed by atoms with Crippen LogP contribution in [0.1, 0.15) is 24.5 Å². The quantitative estimate of drug-likeness (QED) is 0.840. The first-order valence-electron chi connectivity index (χ1n) is 5.04. The zero-order valence-corrected chi connectivity index (χ0v) is 9.72. The number of aliphatic hydroxyl groups is 1. The van der Waals surface area contributed by atoms with Gasteiger partial charge in [-0.25, -0.2) is 0 Å². The van der Waals surface area contributed by atoms with E-state index in [2.05, 4.69) is 5.32 Å². The van der Waals surface area contributed by atoms with E-state index < -0.39 is 6.10 Å². The monoisotopic (exact) mass is 245 g/mol. The molecule has 0 amide bonds. The van der Waals surface area contributed by atoms with Crippen molar-refractivity contribution in [3.63, 3.8) is 0 Å². The number of benzene rings is 1. The molecule has 0 aromatic heterocycles. The van der Waals surface area contributed by atoms with E-state index >= 15 is 0 Å². The molecule has 2 unspecified atom stereocenters. The maximum Gasteiger partial charge on any atom is 0.0943 e. The first kappa shape index (κ1) is 11.2. The van der Waals surface area contributed by atoms with Crippen LogP contribution in [0.2, 0.25) is 10.0 Å². The summed E-state index contributed by atoms with van der Waals surface area (Å²) < 4.78 is 0. The van der Waals surface area contributed by atoms with E-state index in [-0.39, 0.29) is 6.04 Å². The maximum atomic E-state index is 10.1. The first-order chi connectivity index (χ1) is 7.16. The predicted molar refractivity (Wildman–Crippen MR) is 62.4 cm³/mol. The molecular weight excluding hydrogens is 233 g/mol. The number of halogens is 2. The molecule has 1 fully saturated rings. The third kappa shape index (κ3) is 2.64. The van der Waals surface area contributed by atoms with Crippen molar-refractivity contribution >= 4 is 23.2 Å². The summed E-state index contributed by atoms with van der Waals surface area (Å²) in [6.07, 6.45) is 1.57. The van der Waals surface area contributed by atoms with Gasteiger partial charge in [0.2, 0.25) is 0 Å². The van der Waals surface area contributed by atoms with Crippen LogP contribution in [0, 0.1) is 0 Å². The molecule has 1 aliphatic heterocycles. The molecule has 2 nitrogen and oxygen atoms in total. The molecule has 1 heterocycles. The van der Waals surface area contributed by atoms with Crippen LogP contribution >= 0.6 is 23.2 Å². The van der Waals surface area contributed by atoms with E-state index in [4.69, 9.17) is 23.2 Å². The first-order valence-corrected chi connectivity index (χ1v) is 5.80. The minimum Gasteiger partial charge on any atom is -0.387 e. The minimum atomic E-state index is -0.524. The molecule has 4 heteroatoms. The summed E-state index contributed by atoms with van der Waals surface area (Å²) in [4.78, 5) is 0. The van der Waals surface area contributed by atoms with Crippen LogP contribution < -0.4 is 5.32 Å². The Balaban J connectivity index is 2.20. The molecule has 0 saturated carbocycles. The second-order valence-electron chi connectivity index (χ2n) is 3.85. The van der Waals surface area contributed by atoms with Crippen LogP contribution in [0.4, 0.5) is 0 Å². The van der Waals surface area contributed by atoms with Gasteiger partial charge in [0.05, 0.1) is 6.10 Å². The highest BCUT2D eigenvalue weighted by Gasteiger charge is 2.24. The Kier molecular flexibility index (Phi) is 3.52. The van der Waals surface area contributed by atoms with Crippen LogP contribution in [0.5, 0.6) is 0 Å². The fourth-order valence-corrected chi connectivity index (χ4v) is 2.50. The average molecular weight is 246 g/mol. The molecule has 0 bridgehead atoms. The summed E-state index contributed by atoms with van der Waals surface area (Å²) in [5.41, 5.74) is 0.784. The van der Waals surface area contributed by atoms with Crippen molar-refractivity contribution in [3.8, 4) is 0 Å². The molecule has 82 valence electrons. The van der Waals surface area contributed by atoms with Gasteiger partial charge in [0.15, 0.2) is 0 Å². The van der Waals surface area contributed by atoms with E-state index in [1.807, 2.05) is 0 Å². The average Bonchev–Trinajstić information content (AvgIpc) is 2.67. The smallest absolute Gasteiger partial charge is 0.0943 e. The SMILES string of the molecule is OC(c1cc(Cl)cc(Cl)c1)C1CCCN1. The van der Waals surface area contributed by atoms with Crippen molar-refractivity contribution in [2.45, 2.75) is 25.0 Å². The molecule has 15 heavy (non-hydrogen) atoms. The molecule has 2 N–H and O–H groups in total. The van der Waals surface area contributed by atoms with Crippen molar-refractivity contribution in [3.05, 3.63) is 33.8 Å². The molecule has 1 aliphatic rings. The second-order valence-corrected chi connectivity index (χ2v) is 4.72. The van der Waals surface area contributed by atoms with Crippen molar-refractivity contribution in [2.24, 2.45) is 0 Å². The molecule has 0 radical (unpaired) electrons. The fourth-order valence-electron chi connectivity index (χ4n) is 1.96. The number of nitrogens with one attached hydrogen (secondary N) is 1. The van der Waals surface area contributed by atoms with Crippen molar-refractivity contribution in [1.82, 2.24) is 5.32 Å². The minimum absolute atomic E-state index is 0.125. The number of hydrogen-bond acceptors (Lipinski definition) is 2. The lowest BCUT2D eigenvalue weighted by atomic mass is 10.0. The number of hydrogen-bond donors (Lipinski definition) is 2. The third-order valence-corrected chi connectivity index (χ3v) is 3.14. The lowest BCUT2D eigenvalue weighted by Gasteiger charge is -2.19. The van der Waals surface area contributed by atoms with Gasteiger partial charge in [0, 0.05) is 16.1 Å². The number of rotatable bonds is 2. The van der Waals surface area contributed by atoms with Crippen molar-refractivity contribution in [1.29, 1.82) is 0 Å². The molecule has 1 aromatic carbocycles. The normalized spacial score (nSPS) is 23.0. The molecular formula is C11H13Cl2NO. The highest BCUT2D eigenvalue weighted by Crippen LogP contribution is 2.27. The predicted octanol–water partition coefficient (Wildman–Crippen LogP) is 2.78. The molecule has 0 spiro atoms. The van der Waals surface area contributed by atoms with E-state index in [1.54, 1.807) is 18.2 Å². The molecule has 1 saturated heterocycles. The molecule has 2 atom stereocenters. The van der Waals surface area contributed by atoms with Gasteiger partial charge in [-0.3, -0.25) is 0 Å². The summed E-state index contributed by atoms with van der Waals surface area (Å²) in [5, 5.41) is 14.5. The number of aliphatic hydroxyl groups excluding tert-OH is 1. The van der Waals surface area contributed by atoms with Gasteiger partial charge in [-0.2, -0.15) is 0 Å². The molecule has 2 rings (SSSR count). The zero-order chi connectivity index (χ0) is 10.8. The van der Waals surface area contributed by atoms with Crippen LogP contribution in [0.3, 0.4) is 0 Å². The Hall–Kier alpha value is -0.280. The zero-order valence-electron chi connectivity index (χ0n) is 8.21. The Morgan fingerprint density at radius 2 is 1.93 bits per heavy atom. The van der Waals surface area contributed by atoms with E-state index in [1.165, 1.54) is 0 Å². The van der Waals surface area contributed by atoms with Gasteiger partial charge in [0.1, 0.15) is 0 Å². The Labute approximate surface area is 99.2 Å². The third-order valence-electron chi connectivity index (χ3n) is 2.71. The van der Waals surface area contributed by atoms with Crippen LogP contribution in [-0.2, 0) is 0 Å². The molecule has 0 aliphatic carbocycles. The van der Waals surface area contributed by atoms with E-state index in [0.29, 0.717) is 10.0 Å².